The van der Waals surface area contributed by atoms with Crippen molar-refractivity contribution in [2.45, 2.75) is 19.3 Å². The van der Waals surface area contributed by atoms with Crippen LogP contribution in [0, 0.1) is 11.3 Å². The van der Waals surface area contributed by atoms with E-state index in [0.717, 1.165) is 37.3 Å². The number of fused-ring (bicyclic) bond motifs is 1. The minimum absolute atomic E-state index is 0.125. The summed E-state index contributed by atoms with van der Waals surface area (Å²) in [5.74, 6) is 0.766. The van der Waals surface area contributed by atoms with Crippen LogP contribution in [0.4, 0.5) is 0 Å². The molecule has 120 valence electrons. The molecule has 0 bridgehead atoms. The highest BCUT2D eigenvalue weighted by atomic mass is 16.2. The minimum Gasteiger partial charge on any atom is -0.355 e. The Kier molecular flexibility index (Phi) is 3.65. The molecule has 2 atom stereocenters. The fraction of sp³-hybridized carbons (Fsp3) is 0.444. The first-order valence-electron chi connectivity index (χ1n) is 8.37. The van der Waals surface area contributed by atoms with Gasteiger partial charge in [0.2, 0.25) is 5.91 Å². The molecule has 1 amide bonds. The van der Waals surface area contributed by atoms with E-state index >= 15 is 0 Å². The summed E-state index contributed by atoms with van der Waals surface area (Å²) >= 11 is 0. The van der Waals surface area contributed by atoms with Crippen molar-refractivity contribution in [1.29, 1.82) is 0 Å². The Balaban J connectivity index is 1.37. The average molecular weight is 310 g/mol. The van der Waals surface area contributed by atoms with Crippen molar-refractivity contribution < 1.29 is 4.79 Å². The molecule has 0 radical (unpaired) electrons. The van der Waals surface area contributed by atoms with Crippen molar-refractivity contribution in [2.24, 2.45) is 11.3 Å². The highest BCUT2D eigenvalue weighted by Crippen LogP contribution is 2.49. The number of amides is 1. The normalized spacial score (nSPS) is 25.7. The van der Waals surface area contributed by atoms with E-state index in [1.807, 2.05) is 47.3 Å². The second-order valence-electron chi connectivity index (χ2n) is 6.60. The molecule has 1 saturated heterocycles. The molecule has 2 aliphatic rings. The number of nitrogens with zero attached hydrogens (tertiary/aromatic N) is 2. The smallest absolute Gasteiger partial charge is 0.227 e. The summed E-state index contributed by atoms with van der Waals surface area (Å²) in [5.41, 5.74) is 2.04. The average Bonchev–Trinajstić information content (AvgIpc) is 3.13. The van der Waals surface area contributed by atoms with Crippen LogP contribution in [0.1, 0.15) is 18.5 Å². The highest BCUT2D eigenvalue weighted by molar-refractivity contribution is 5.84. The first kappa shape index (κ1) is 14.5. The van der Waals surface area contributed by atoms with Gasteiger partial charge in [0, 0.05) is 31.4 Å². The van der Waals surface area contributed by atoms with Gasteiger partial charge in [-0.2, -0.15) is 5.10 Å². The monoisotopic (exact) mass is 310 g/mol. The van der Waals surface area contributed by atoms with E-state index < -0.39 is 0 Å². The van der Waals surface area contributed by atoms with E-state index in [9.17, 15) is 4.79 Å². The summed E-state index contributed by atoms with van der Waals surface area (Å²) in [6.07, 6.45) is 4.81. The van der Waals surface area contributed by atoms with E-state index in [4.69, 9.17) is 0 Å². The Hall–Kier alpha value is -2.14. The predicted octanol–water partition coefficient (Wildman–Crippen LogP) is 1.53. The SMILES string of the molecule is O=C(NCCc1ccnn1-c1ccccc1)[C@]12CC[C@H]1CNC2. The first-order chi connectivity index (χ1) is 11.3. The molecule has 1 aliphatic heterocycles. The molecule has 23 heavy (non-hydrogen) atoms. The van der Waals surface area contributed by atoms with Gasteiger partial charge in [-0.1, -0.05) is 18.2 Å². The zero-order chi connectivity index (χ0) is 15.7. The van der Waals surface area contributed by atoms with Crippen molar-refractivity contribution in [3.05, 3.63) is 48.3 Å². The molecule has 1 saturated carbocycles. The third-order valence-corrected chi connectivity index (χ3v) is 5.39. The quantitative estimate of drug-likeness (QED) is 0.880. The molecule has 2 fully saturated rings. The maximum atomic E-state index is 12.5. The number of carbonyl (C=O) groups excluding carboxylic acids is 1. The van der Waals surface area contributed by atoms with Crippen LogP contribution in [0.15, 0.2) is 42.6 Å². The Labute approximate surface area is 136 Å². The van der Waals surface area contributed by atoms with Crippen LogP contribution in [0.25, 0.3) is 5.69 Å². The third kappa shape index (κ3) is 2.45. The van der Waals surface area contributed by atoms with Crippen molar-refractivity contribution in [2.75, 3.05) is 19.6 Å². The van der Waals surface area contributed by atoms with Gasteiger partial charge in [0.1, 0.15) is 0 Å². The Bertz CT molecular complexity index is 696. The van der Waals surface area contributed by atoms with Gasteiger partial charge in [0.05, 0.1) is 11.1 Å². The van der Waals surface area contributed by atoms with Gasteiger partial charge in [-0.15, -0.1) is 0 Å². The second kappa shape index (κ2) is 5.81. The fourth-order valence-electron chi connectivity index (χ4n) is 3.88. The van der Waals surface area contributed by atoms with Crippen molar-refractivity contribution in [3.63, 3.8) is 0 Å². The molecule has 1 aromatic heterocycles. The van der Waals surface area contributed by atoms with Gasteiger partial charge in [-0.25, -0.2) is 4.68 Å². The summed E-state index contributed by atoms with van der Waals surface area (Å²) in [6.45, 7) is 2.49. The number of para-hydroxylation sites is 1. The summed E-state index contributed by atoms with van der Waals surface area (Å²) in [5, 5.41) is 10.9. The molecule has 1 aliphatic carbocycles. The van der Waals surface area contributed by atoms with Crippen molar-refractivity contribution in [1.82, 2.24) is 20.4 Å². The van der Waals surface area contributed by atoms with Gasteiger partial charge >= 0.3 is 0 Å². The van der Waals surface area contributed by atoms with Crippen LogP contribution < -0.4 is 10.6 Å². The van der Waals surface area contributed by atoms with E-state index in [0.29, 0.717) is 12.5 Å². The topological polar surface area (TPSA) is 59.0 Å². The zero-order valence-corrected chi connectivity index (χ0v) is 13.2. The number of rotatable bonds is 5. The number of nitrogens with one attached hydrogen (secondary N) is 2. The van der Waals surface area contributed by atoms with Gasteiger partial charge in [-0.05, 0) is 43.5 Å². The van der Waals surface area contributed by atoms with E-state index in [2.05, 4.69) is 15.7 Å². The minimum atomic E-state index is -0.125. The molecule has 0 unspecified atom stereocenters. The standard InChI is InChI=1S/C18H22N4O/c23-17(18-9-6-14(18)12-19-13-18)20-10-7-16-8-11-21-22(16)15-4-2-1-3-5-15/h1-5,8,11,14,19H,6-7,9-10,12-13H2,(H,20,23)/t14-,18-/m0/s1. The van der Waals surface area contributed by atoms with Gasteiger partial charge in [-0.3, -0.25) is 4.79 Å². The van der Waals surface area contributed by atoms with Gasteiger partial charge in [0.25, 0.3) is 0 Å². The molecule has 2 aromatic rings. The number of aromatic nitrogens is 2. The lowest BCUT2D eigenvalue weighted by Gasteiger charge is -2.42. The zero-order valence-electron chi connectivity index (χ0n) is 13.2. The Morgan fingerprint density at radius 2 is 2.22 bits per heavy atom. The highest BCUT2D eigenvalue weighted by Gasteiger charge is 2.54. The molecular formula is C18H22N4O. The number of benzene rings is 1. The molecule has 4 rings (SSSR count). The van der Waals surface area contributed by atoms with Crippen LogP contribution in [0.5, 0.6) is 0 Å². The fourth-order valence-corrected chi connectivity index (χ4v) is 3.88. The van der Waals surface area contributed by atoms with E-state index in [1.54, 1.807) is 0 Å². The molecule has 0 spiro atoms. The van der Waals surface area contributed by atoms with Crippen molar-refractivity contribution >= 4 is 5.91 Å². The van der Waals surface area contributed by atoms with E-state index in [-0.39, 0.29) is 11.3 Å². The lowest BCUT2D eigenvalue weighted by molar-refractivity contribution is -0.137. The van der Waals surface area contributed by atoms with Crippen LogP contribution in [0.3, 0.4) is 0 Å². The lowest BCUT2D eigenvalue weighted by atomic mass is 9.61. The lowest BCUT2D eigenvalue weighted by Crippen LogP contribution is -2.52. The van der Waals surface area contributed by atoms with Crippen molar-refractivity contribution in [3.8, 4) is 5.69 Å². The van der Waals surface area contributed by atoms with Crippen LogP contribution in [-0.2, 0) is 11.2 Å². The maximum absolute atomic E-state index is 12.5. The van der Waals surface area contributed by atoms with Crippen LogP contribution in [0.2, 0.25) is 0 Å². The molecular weight excluding hydrogens is 288 g/mol. The summed E-state index contributed by atoms with van der Waals surface area (Å²) in [7, 11) is 0. The van der Waals surface area contributed by atoms with Gasteiger partial charge < -0.3 is 10.6 Å². The number of hydrogen-bond acceptors (Lipinski definition) is 3. The summed E-state index contributed by atoms with van der Waals surface area (Å²) < 4.78 is 1.94. The van der Waals surface area contributed by atoms with Gasteiger partial charge in [0.15, 0.2) is 0 Å². The summed E-state index contributed by atoms with van der Waals surface area (Å²) in [6, 6.07) is 12.1. The maximum Gasteiger partial charge on any atom is 0.227 e. The first-order valence-corrected chi connectivity index (χ1v) is 8.37. The van der Waals surface area contributed by atoms with Crippen LogP contribution >= 0.6 is 0 Å². The summed E-state index contributed by atoms with van der Waals surface area (Å²) in [4.78, 5) is 12.5. The van der Waals surface area contributed by atoms with Crippen LogP contribution in [-0.4, -0.2) is 35.3 Å². The predicted molar refractivity (Wildman–Crippen MR) is 88.3 cm³/mol. The molecule has 2 heterocycles. The number of carbonyl (C=O) groups is 1. The third-order valence-electron chi connectivity index (χ3n) is 5.39. The largest absolute Gasteiger partial charge is 0.355 e. The Morgan fingerprint density at radius 1 is 1.35 bits per heavy atom. The molecule has 1 aromatic carbocycles. The number of hydrogen-bond donors (Lipinski definition) is 2. The Morgan fingerprint density at radius 3 is 2.96 bits per heavy atom. The second-order valence-corrected chi connectivity index (χ2v) is 6.60. The molecule has 5 heteroatoms. The van der Waals surface area contributed by atoms with E-state index in [1.165, 1.54) is 6.42 Å². The molecule has 5 nitrogen and oxygen atoms in total. The molecule has 2 N–H and O–H groups in total.